The lowest BCUT2D eigenvalue weighted by Crippen LogP contribution is -2.05. The Morgan fingerprint density at radius 3 is 2.17 bits per heavy atom. The lowest BCUT2D eigenvalue weighted by Gasteiger charge is -2.18. The SMILES string of the molecule is CC(C)c1cc(C#N)c(F)c(C(C)C)c1OC#N. The fourth-order valence-corrected chi connectivity index (χ4v) is 1.87. The first-order chi connectivity index (χ1) is 8.43. The Bertz CT molecular complexity index is 536. The van der Waals surface area contributed by atoms with E-state index in [-0.39, 0.29) is 23.1 Å². The molecule has 0 radical (unpaired) electrons. The van der Waals surface area contributed by atoms with Crippen LogP contribution in [0, 0.1) is 28.7 Å². The van der Waals surface area contributed by atoms with Crippen molar-refractivity contribution in [2.45, 2.75) is 39.5 Å². The van der Waals surface area contributed by atoms with Crippen LogP contribution in [-0.4, -0.2) is 0 Å². The van der Waals surface area contributed by atoms with Crippen molar-refractivity contribution in [3.63, 3.8) is 0 Å². The topological polar surface area (TPSA) is 56.8 Å². The van der Waals surface area contributed by atoms with Crippen LogP contribution in [0.15, 0.2) is 6.07 Å². The van der Waals surface area contributed by atoms with E-state index in [0.29, 0.717) is 11.1 Å². The van der Waals surface area contributed by atoms with Crippen LogP contribution in [0.5, 0.6) is 5.75 Å². The Hall–Kier alpha value is -2.07. The molecule has 3 nitrogen and oxygen atoms in total. The van der Waals surface area contributed by atoms with Crippen LogP contribution in [0.3, 0.4) is 0 Å². The normalized spacial score (nSPS) is 10.3. The largest absolute Gasteiger partial charge is 0.387 e. The summed E-state index contributed by atoms with van der Waals surface area (Å²) in [5, 5.41) is 17.6. The van der Waals surface area contributed by atoms with Crippen LogP contribution in [0.25, 0.3) is 0 Å². The van der Waals surface area contributed by atoms with Crippen LogP contribution in [0.1, 0.15) is 56.2 Å². The lowest BCUT2D eigenvalue weighted by atomic mass is 9.91. The number of rotatable bonds is 3. The molecular weight excluding hydrogens is 231 g/mol. The van der Waals surface area contributed by atoms with Crippen molar-refractivity contribution in [2.75, 3.05) is 0 Å². The highest BCUT2D eigenvalue weighted by molar-refractivity contribution is 5.52. The highest BCUT2D eigenvalue weighted by Gasteiger charge is 2.23. The van der Waals surface area contributed by atoms with Crippen molar-refractivity contribution in [3.05, 3.63) is 28.6 Å². The van der Waals surface area contributed by atoms with E-state index in [1.54, 1.807) is 20.1 Å². The zero-order valence-electron chi connectivity index (χ0n) is 10.9. The van der Waals surface area contributed by atoms with Gasteiger partial charge in [0.1, 0.15) is 11.9 Å². The predicted octanol–water partition coefficient (Wildman–Crippen LogP) is 3.80. The van der Waals surface area contributed by atoms with Gasteiger partial charge in [-0.3, -0.25) is 0 Å². The Labute approximate surface area is 106 Å². The van der Waals surface area contributed by atoms with Gasteiger partial charge in [0.05, 0.1) is 5.56 Å². The first kappa shape index (κ1) is 14.0. The average Bonchev–Trinajstić information content (AvgIpc) is 2.28. The second-order valence-corrected chi connectivity index (χ2v) is 4.68. The third-order valence-electron chi connectivity index (χ3n) is 2.75. The summed E-state index contributed by atoms with van der Waals surface area (Å²) in [7, 11) is 0. The van der Waals surface area contributed by atoms with E-state index >= 15 is 0 Å². The predicted molar refractivity (Wildman–Crippen MR) is 65.5 cm³/mol. The van der Waals surface area contributed by atoms with Gasteiger partial charge in [0.15, 0.2) is 5.75 Å². The third kappa shape index (κ3) is 2.43. The van der Waals surface area contributed by atoms with Gasteiger partial charge in [-0.1, -0.05) is 27.7 Å². The van der Waals surface area contributed by atoms with E-state index in [4.69, 9.17) is 15.3 Å². The standard InChI is InChI=1S/C14H15FN2O/c1-8(2)11-5-10(6-16)13(15)12(9(3)4)14(11)18-7-17/h5,8-9H,1-4H3. The van der Waals surface area contributed by atoms with Gasteiger partial charge in [-0.05, 0) is 17.9 Å². The molecule has 0 saturated carbocycles. The Kier molecular flexibility index (Phi) is 4.28. The first-order valence-corrected chi connectivity index (χ1v) is 5.76. The second-order valence-electron chi connectivity index (χ2n) is 4.68. The number of nitriles is 2. The van der Waals surface area contributed by atoms with E-state index in [2.05, 4.69) is 0 Å². The van der Waals surface area contributed by atoms with Gasteiger partial charge in [0.25, 0.3) is 6.26 Å². The minimum atomic E-state index is -0.595. The van der Waals surface area contributed by atoms with Gasteiger partial charge in [0, 0.05) is 11.1 Å². The van der Waals surface area contributed by atoms with Gasteiger partial charge in [-0.25, -0.2) is 4.39 Å². The van der Waals surface area contributed by atoms with E-state index in [0.717, 1.165) is 0 Å². The maximum absolute atomic E-state index is 14.1. The summed E-state index contributed by atoms with van der Waals surface area (Å²) in [4.78, 5) is 0. The Morgan fingerprint density at radius 2 is 1.78 bits per heavy atom. The van der Waals surface area contributed by atoms with Crippen molar-refractivity contribution in [1.29, 1.82) is 10.5 Å². The molecule has 4 heteroatoms. The van der Waals surface area contributed by atoms with Crippen molar-refractivity contribution in [2.24, 2.45) is 0 Å². The van der Waals surface area contributed by atoms with Crippen LogP contribution in [-0.2, 0) is 0 Å². The Morgan fingerprint density at radius 1 is 1.17 bits per heavy atom. The molecule has 0 spiro atoms. The molecule has 0 aliphatic carbocycles. The maximum atomic E-state index is 14.1. The molecule has 0 aromatic heterocycles. The molecule has 0 aliphatic rings. The Balaban J connectivity index is 3.69. The molecule has 0 aliphatic heterocycles. The van der Waals surface area contributed by atoms with Crippen LogP contribution < -0.4 is 4.74 Å². The van der Waals surface area contributed by atoms with Crippen LogP contribution >= 0.6 is 0 Å². The van der Waals surface area contributed by atoms with E-state index in [1.807, 2.05) is 19.9 Å². The lowest BCUT2D eigenvalue weighted by molar-refractivity contribution is 0.472. The molecule has 0 atom stereocenters. The summed E-state index contributed by atoms with van der Waals surface area (Å²) >= 11 is 0. The van der Waals surface area contributed by atoms with Gasteiger partial charge >= 0.3 is 0 Å². The maximum Gasteiger partial charge on any atom is 0.292 e. The quantitative estimate of drug-likeness (QED) is 0.762. The summed E-state index contributed by atoms with van der Waals surface area (Å²) in [5.41, 5.74) is 0.963. The molecule has 18 heavy (non-hydrogen) atoms. The highest BCUT2D eigenvalue weighted by Crippen LogP contribution is 2.38. The van der Waals surface area contributed by atoms with Gasteiger partial charge in [-0.2, -0.15) is 5.26 Å². The zero-order valence-corrected chi connectivity index (χ0v) is 10.9. The summed E-state index contributed by atoms with van der Waals surface area (Å²) in [6.07, 6.45) is 1.59. The second kappa shape index (κ2) is 5.51. The fraction of sp³-hybridized carbons (Fsp3) is 0.429. The van der Waals surface area contributed by atoms with Crippen molar-refractivity contribution in [3.8, 4) is 18.1 Å². The molecule has 0 bridgehead atoms. The van der Waals surface area contributed by atoms with Crippen LogP contribution in [0.2, 0.25) is 0 Å². The molecule has 0 saturated heterocycles. The monoisotopic (exact) mass is 246 g/mol. The minimum absolute atomic E-state index is 0.00677. The van der Waals surface area contributed by atoms with Gasteiger partial charge < -0.3 is 4.74 Å². The van der Waals surface area contributed by atoms with Crippen molar-refractivity contribution >= 4 is 0 Å². The molecule has 0 N–H and O–H groups in total. The molecule has 0 amide bonds. The number of hydrogen-bond donors (Lipinski definition) is 0. The molecule has 1 rings (SSSR count). The number of ether oxygens (including phenoxy) is 1. The number of nitrogens with zero attached hydrogens (tertiary/aromatic N) is 2. The number of benzene rings is 1. The molecular formula is C14H15FN2O. The summed E-state index contributed by atoms with van der Waals surface area (Å²) in [5.74, 6) is -0.473. The zero-order chi connectivity index (χ0) is 13.9. The smallest absolute Gasteiger partial charge is 0.292 e. The molecule has 0 heterocycles. The van der Waals surface area contributed by atoms with Crippen molar-refractivity contribution < 1.29 is 9.13 Å². The number of halogens is 1. The number of hydrogen-bond acceptors (Lipinski definition) is 3. The first-order valence-electron chi connectivity index (χ1n) is 5.76. The molecule has 0 fully saturated rings. The molecule has 0 unspecified atom stereocenters. The average molecular weight is 246 g/mol. The van der Waals surface area contributed by atoms with E-state index < -0.39 is 5.82 Å². The molecule has 1 aromatic carbocycles. The van der Waals surface area contributed by atoms with E-state index in [9.17, 15) is 4.39 Å². The van der Waals surface area contributed by atoms with Gasteiger partial charge in [0.2, 0.25) is 0 Å². The molecule has 1 aromatic rings. The van der Waals surface area contributed by atoms with Gasteiger partial charge in [-0.15, -0.1) is 5.26 Å². The fourth-order valence-electron chi connectivity index (χ4n) is 1.87. The minimum Gasteiger partial charge on any atom is -0.387 e. The summed E-state index contributed by atoms with van der Waals surface area (Å²) in [6.45, 7) is 7.41. The summed E-state index contributed by atoms with van der Waals surface area (Å²) in [6, 6.07) is 3.30. The van der Waals surface area contributed by atoms with Crippen LogP contribution in [0.4, 0.5) is 4.39 Å². The summed E-state index contributed by atoms with van der Waals surface area (Å²) < 4.78 is 19.1. The highest BCUT2D eigenvalue weighted by atomic mass is 19.1. The third-order valence-corrected chi connectivity index (χ3v) is 2.75. The molecule has 94 valence electrons. The van der Waals surface area contributed by atoms with E-state index in [1.165, 1.54) is 6.07 Å². The van der Waals surface area contributed by atoms with Crippen molar-refractivity contribution in [1.82, 2.24) is 0 Å².